The Labute approximate surface area is 179 Å². The van der Waals surface area contributed by atoms with Crippen molar-refractivity contribution in [3.63, 3.8) is 0 Å². The molecule has 0 amide bonds. The number of carbonyl (C=O) groups excluding carboxylic acids is 2. The van der Waals surface area contributed by atoms with Crippen molar-refractivity contribution in [3.05, 3.63) is 29.3 Å². The molecule has 0 fully saturated rings. The SMILES string of the molecule is CCCOC(=O)c1cc(C(=O)OCCC)cc(S(=O)(=O)O)c1.[H-].[K+]. The molecule has 0 aliphatic rings. The van der Waals surface area contributed by atoms with Crippen LogP contribution in [0.5, 0.6) is 0 Å². The van der Waals surface area contributed by atoms with Crippen LogP contribution in [0.4, 0.5) is 0 Å². The van der Waals surface area contributed by atoms with Crippen LogP contribution in [0.15, 0.2) is 23.1 Å². The molecule has 124 valence electrons. The monoisotopic (exact) mass is 370 g/mol. The normalized spacial score (nSPS) is 10.6. The second-order valence-corrected chi connectivity index (χ2v) is 5.91. The minimum atomic E-state index is -4.57. The predicted octanol–water partition coefficient (Wildman–Crippen LogP) is -0.817. The van der Waals surface area contributed by atoms with Crippen molar-refractivity contribution in [1.82, 2.24) is 0 Å². The van der Waals surface area contributed by atoms with Crippen LogP contribution >= 0.6 is 0 Å². The quantitative estimate of drug-likeness (QED) is 0.380. The van der Waals surface area contributed by atoms with Crippen LogP contribution in [0.3, 0.4) is 0 Å². The minimum Gasteiger partial charge on any atom is -1.00 e. The van der Waals surface area contributed by atoms with E-state index in [0.29, 0.717) is 12.8 Å². The molecule has 0 saturated carbocycles. The first-order valence-corrected chi connectivity index (χ1v) is 8.20. The fourth-order valence-electron chi connectivity index (χ4n) is 1.54. The van der Waals surface area contributed by atoms with E-state index in [1.54, 1.807) is 13.8 Å². The number of hydrogen-bond acceptors (Lipinski definition) is 6. The summed E-state index contributed by atoms with van der Waals surface area (Å²) in [4.78, 5) is 23.1. The molecule has 0 radical (unpaired) electrons. The molecule has 0 bridgehead atoms. The number of ether oxygens (including phenoxy) is 2. The number of rotatable bonds is 7. The maximum atomic E-state index is 11.8. The van der Waals surface area contributed by atoms with E-state index in [2.05, 4.69) is 0 Å². The Bertz CT molecular complexity index is 623. The van der Waals surface area contributed by atoms with Gasteiger partial charge in [-0.2, -0.15) is 8.42 Å². The summed E-state index contributed by atoms with van der Waals surface area (Å²) in [6, 6.07) is 3.07. The summed E-state index contributed by atoms with van der Waals surface area (Å²) in [6.07, 6.45) is 1.18. The molecule has 0 aliphatic heterocycles. The van der Waals surface area contributed by atoms with Crippen molar-refractivity contribution in [3.8, 4) is 0 Å². The first-order chi connectivity index (χ1) is 10.3. The van der Waals surface area contributed by atoms with Gasteiger partial charge >= 0.3 is 63.3 Å². The first-order valence-electron chi connectivity index (χ1n) is 6.76. The molecule has 0 spiro atoms. The predicted molar refractivity (Wildman–Crippen MR) is 78.5 cm³/mol. The summed E-state index contributed by atoms with van der Waals surface area (Å²) in [5, 5.41) is 0. The Morgan fingerprint density at radius 2 is 1.39 bits per heavy atom. The third-order valence-electron chi connectivity index (χ3n) is 2.55. The van der Waals surface area contributed by atoms with E-state index in [9.17, 15) is 18.0 Å². The molecule has 1 N–H and O–H groups in total. The van der Waals surface area contributed by atoms with Gasteiger partial charge in [0.05, 0.1) is 29.2 Å². The fourth-order valence-corrected chi connectivity index (χ4v) is 2.09. The average Bonchev–Trinajstić information content (AvgIpc) is 2.48. The van der Waals surface area contributed by atoms with E-state index in [-0.39, 0.29) is 77.2 Å². The van der Waals surface area contributed by atoms with E-state index in [0.717, 1.165) is 12.1 Å². The molecular weight excluding hydrogens is 351 g/mol. The van der Waals surface area contributed by atoms with Crippen molar-refractivity contribution in [2.75, 3.05) is 13.2 Å². The van der Waals surface area contributed by atoms with Gasteiger partial charge in [-0.25, -0.2) is 9.59 Å². The van der Waals surface area contributed by atoms with Crippen molar-refractivity contribution < 1.29 is 84.8 Å². The Kier molecular flexibility index (Phi) is 10.4. The second-order valence-electron chi connectivity index (χ2n) is 4.49. The van der Waals surface area contributed by atoms with E-state index < -0.39 is 27.0 Å². The van der Waals surface area contributed by atoms with Crippen molar-refractivity contribution in [1.29, 1.82) is 0 Å². The summed E-state index contributed by atoms with van der Waals surface area (Å²) in [5.41, 5.74) is -0.293. The molecule has 23 heavy (non-hydrogen) atoms. The molecule has 0 unspecified atom stereocenters. The van der Waals surface area contributed by atoms with E-state index >= 15 is 0 Å². The minimum absolute atomic E-state index is 0. The van der Waals surface area contributed by atoms with E-state index in [4.69, 9.17) is 14.0 Å². The molecule has 7 nitrogen and oxygen atoms in total. The molecule has 0 saturated heterocycles. The third-order valence-corrected chi connectivity index (χ3v) is 3.38. The molecule has 9 heteroatoms. The van der Waals surface area contributed by atoms with Gasteiger partial charge in [0.15, 0.2) is 0 Å². The zero-order chi connectivity index (χ0) is 16.8. The molecule has 1 aromatic rings. The zero-order valence-corrected chi connectivity index (χ0v) is 17.3. The van der Waals surface area contributed by atoms with Crippen molar-refractivity contribution in [2.45, 2.75) is 31.6 Å². The van der Waals surface area contributed by atoms with E-state index in [1.807, 2.05) is 0 Å². The number of benzene rings is 1. The maximum Gasteiger partial charge on any atom is 1.00 e. The molecule has 1 rings (SSSR count). The van der Waals surface area contributed by atoms with Gasteiger partial charge < -0.3 is 10.9 Å². The number of esters is 2. The van der Waals surface area contributed by atoms with Crippen molar-refractivity contribution >= 4 is 22.1 Å². The third kappa shape index (κ3) is 7.42. The van der Waals surface area contributed by atoms with Gasteiger partial charge in [-0.3, -0.25) is 4.55 Å². The molecule has 0 aromatic heterocycles. The Balaban J connectivity index is 0. The van der Waals surface area contributed by atoms with Gasteiger partial charge in [0.1, 0.15) is 0 Å². The Morgan fingerprint density at radius 1 is 1.00 bits per heavy atom. The van der Waals surface area contributed by atoms with Crippen LogP contribution in [0, 0.1) is 0 Å². The van der Waals surface area contributed by atoms with Gasteiger partial charge in [-0.15, -0.1) is 0 Å². The van der Waals surface area contributed by atoms with Crippen LogP contribution in [-0.2, 0) is 19.6 Å². The van der Waals surface area contributed by atoms with Crippen LogP contribution in [0.25, 0.3) is 0 Å². The van der Waals surface area contributed by atoms with Crippen LogP contribution in [0.2, 0.25) is 0 Å². The number of hydrogen-bond donors (Lipinski definition) is 1. The summed E-state index contributed by atoms with van der Waals surface area (Å²) in [6.45, 7) is 3.92. The molecule has 0 aliphatic carbocycles. The largest absolute Gasteiger partial charge is 1.00 e. The standard InChI is InChI=1S/C14H18O7S.K.H/c1-3-5-20-13(15)10-7-11(14(16)21-6-4-2)9-12(8-10)22(17,18)19;;/h7-9H,3-6H2,1-2H3,(H,17,18,19);;/q;+1;-1. The summed E-state index contributed by atoms with van der Waals surface area (Å²) < 4.78 is 41.4. The summed E-state index contributed by atoms with van der Waals surface area (Å²) >= 11 is 0. The fraction of sp³-hybridized carbons (Fsp3) is 0.429. The summed E-state index contributed by atoms with van der Waals surface area (Å²) in [7, 11) is -4.57. The van der Waals surface area contributed by atoms with Gasteiger partial charge in [-0.1, -0.05) is 13.8 Å². The maximum absolute atomic E-state index is 11.8. The van der Waals surface area contributed by atoms with Crippen molar-refractivity contribution in [2.24, 2.45) is 0 Å². The Morgan fingerprint density at radius 3 is 1.70 bits per heavy atom. The van der Waals surface area contributed by atoms with Crippen LogP contribution < -0.4 is 51.4 Å². The van der Waals surface area contributed by atoms with E-state index in [1.165, 1.54) is 6.07 Å². The second kappa shape index (κ2) is 10.5. The molecule has 1 aromatic carbocycles. The zero-order valence-electron chi connectivity index (χ0n) is 14.4. The van der Waals surface area contributed by atoms with Gasteiger partial charge in [0, 0.05) is 0 Å². The first kappa shape index (κ1) is 22.7. The van der Waals surface area contributed by atoms with Crippen LogP contribution in [-0.4, -0.2) is 38.1 Å². The molecule has 0 heterocycles. The van der Waals surface area contributed by atoms with Crippen LogP contribution in [0.1, 0.15) is 48.8 Å². The topological polar surface area (TPSA) is 107 Å². The average molecular weight is 370 g/mol. The molecular formula is C14H19KO7S. The summed E-state index contributed by atoms with van der Waals surface area (Å²) in [5.74, 6) is -1.56. The number of carbonyl (C=O) groups is 2. The molecule has 0 atom stereocenters. The Hall–Kier alpha value is -0.294. The van der Waals surface area contributed by atoms with Gasteiger partial charge in [-0.05, 0) is 31.0 Å². The smallest absolute Gasteiger partial charge is 1.00 e. The van der Waals surface area contributed by atoms with Gasteiger partial charge in [0.2, 0.25) is 0 Å². The van der Waals surface area contributed by atoms with Gasteiger partial charge in [0.25, 0.3) is 10.1 Å².